The van der Waals surface area contributed by atoms with Crippen LogP contribution in [0, 0.1) is 0 Å². The van der Waals surface area contributed by atoms with Crippen LogP contribution in [-0.2, 0) is 0 Å². The summed E-state index contributed by atoms with van der Waals surface area (Å²) in [4.78, 5) is 7.43. The van der Waals surface area contributed by atoms with Crippen molar-refractivity contribution in [2.75, 3.05) is 0 Å². The molecule has 3 aromatic rings. The Morgan fingerprint density at radius 3 is 2.94 bits per heavy atom. The van der Waals surface area contributed by atoms with Gasteiger partial charge in [-0.25, -0.2) is 0 Å². The molecular formula is C12H9N3O. The largest absolute Gasteiger partial charge is 0.411 e. The highest BCUT2D eigenvalue weighted by molar-refractivity contribution is 6.07. The lowest BCUT2D eigenvalue weighted by Crippen LogP contribution is -1.85. The number of nitrogens with one attached hydrogen (secondary N) is 1. The highest BCUT2D eigenvalue weighted by atomic mass is 16.4. The van der Waals surface area contributed by atoms with E-state index in [1.165, 1.54) is 6.21 Å². The molecule has 0 unspecified atom stereocenters. The first-order valence-electron chi connectivity index (χ1n) is 4.92. The zero-order valence-corrected chi connectivity index (χ0v) is 8.38. The summed E-state index contributed by atoms with van der Waals surface area (Å²) in [5, 5.41) is 13.7. The molecule has 0 bridgehead atoms. The van der Waals surface area contributed by atoms with Crippen molar-refractivity contribution < 1.29 is 5.21 Å². The standard InChI is InChI=1S/C12H9N3O/c16-14-6-8-5-10-9-3-1-2-4-11(9)15-12(10)7-13-8/h1-7,15-16H. The predicted octanol–water partition coefficient (Wildman–Crippen LogP) is 2.52. The lowest BCUT2D eigenvalue weighted by Gasteiger charge is -1.92. The topological polar surface area (TPSA) is 61.3 Å². The molecule has 0 amide bonds. The Morgan fingerprint density at radius 1 is 1.19 bits per heavy atom. The molecule has 0 saturated carbocycles. The molecule has 0 saturated heterocycles. The molecule has 2 N–H and O–H groups in total. The Morgan fingerprint density at radius 2 is 2.06 bits per heavy atom. The SMILES string of the molecule is ON=Cc1cc2c(cn1)[nH]c1ccccc12. The van der Waals surface area contributed by atoms with E-state index in [-0.39, 0.29) is 0 Å². The van der Waals surface area contributed by atoms with Crippen LogP contribution in [0.2, 0.25) is 0 Å². The molecule has 0 aliphatic heterocycles. The molecule has 0 atom stereocenters. The van der Waals surface area contributed by atoms with Crippen molar-refractivity contribution in [1.82, 2.24) is 9.97 Å². The molecule has 16 heavy (non-hydrogen) atoms. The molecule has 0 radical (unpaired) electrons. The van der Waals surface area contributed by atoms with Crippen LogP contribution in [-0.4, -0.2) is 21.4 Å². The number of benzene rings is 1. The van der Waals surface area contributed by atoms with E-state index in [0.29, 0.717) is 5.69 Å². The van der Waals surface area contributed by atoms with E-state index in [9.17, 15) is 0 Å². The van der Waals surface area contributed by atoms with Crippen LogP contribution in [0.15, 0.2) is 41.7 Å². The van der Waals surface area contributed by atoms with Crippen molar-refractivity contribution in [2.24, 2.45) is 5.16 Å². The quantitative estimate of drug-likeness (QED) is 0.369. The number of pyridine rings is 1. The molecule has 0 spiro atoms. The molecule has 3 rings (SSSR count). The minimum atomic E-state index is 0.639. The van der Waals surface area contributed by atoms with Gasteiger partial charge >= 0.3 is 0 Å². The van der Waals surface area contributed by atoms with Gasteiger partial charge < -0.3 is 10.2 Å². The molecule has 1 aromatic carbocycles. The van der Waals surface area contributed by atoms with Gasteiger partial charge in [0.15, 0.2) is 0 Å². The third kappa shape index (κ3) is 1.24. The maximum atomic E-state index is 8.48. The van der Waals surface area contributed by atoms with Gasteiger partial charge in [0.25, 0.3) is 0 Å². The summed E-state index contributed by atoms with van der Waals surface area (Å²) in [5.74, 6) is 0. The molecule has 78 valence electrons. The average molecular weight is 211 g/mol. The summed E-state index contributed by atoms with van der Waals surface area (Å²) < 4.78 is 0. The van der Waals surface area contributed by atoms with E-state index in [0.717, 1.165) is 21.8 Å². The summed E-state index contributed by atoms with van der Waals surface area (Å²) in [6, 6.07) is 9.95. The third-order valence-electron chi connectivity index (χ3n) is 2.60. The fourth-order valence-corrected chi connectivity index (χ4v) is 1.90. The monoisotopic (exact) mass is 211 g/mol. The van der Waals surface area contributed by atoms with Gasteiger partial charge in [-0.3, -0.25) is 4.98 Å². The number of fused-ring (bicyclic) bond motifs is 3. The van der Waals surface area contributed by atoms with Gasteiger partial charge in [0.2, 0.25) is 0 Å². The normalized spacial score (nSPS) is 11.8. The van der Waals surface area contributed by atoms with Gasteiger partial charge in [-0.15, -0.1) is 0 Å². The zero-order chi connectivity index (χ0) is 11.0. The third-order valence-corrected chi connectivity index (χ3v) is 2.60. The molecule has 0 aliphatic rings. The molecule has 0 fully saturated rings. The van der Waals surface area contributed by atoms with E-state index >= 15 is 0 Å². The molecule has 2 heterocycles. The fourth-order valence-electron chi connectivity index (χ4n) is 1.90. The van der Waals surface area contributed by atoms with Crippen molar-refractivity contribution in [3.8, 4) is 0 Å². The molecule has 4 nitrogen and oxygen atoms in total. The van der Waals surface area contributed by atoms with Crippen LogP contribution in [0.1, 0.15) is 5.69 Å². The van der Waals surface area contributed by atoms with Crippen LogP contribution < -0.4 is 0 Å². The summed E-state index contributed by atoms with van der Waals surface area (Å²) in [5.41, 5.74) is 2.70. The van der Waals surface area contributed by atoms with Crippen molar-refractivity contribution in [3.05, 3.63) is 42.2 Å². The lowest BCUT2D eigenvalue weighted by molar-refractivity contribution is 0.321. The minimum Gasteiger partial charge on any atom is -0.411 e. The van der Waals surface area contributed by atoms with E-state index in [1.807, 2.05) is 30.3 Å². The summed E-state index contributed by atoms with van der Waals surface area (Å²) in [6.45, 7) is 0. The first-order valence-corrected chi connectivity index (χ1v) is 4.92. The highest BCUT2D eigenvalue weighted by Gasteiger charge is 2.04. The van der Waals surface area contributed by atoms with E-state index < -0.39 is 0 Å². The molecule has 0 aliphatic carbocycles. The number of H-pyrrole nitrogens is 1. The van der Waals surface area contributed by atoms with Gasteiger partial charge in [0.05, 0.1) is 23.6 Å². The first kappa shape index (κ1) is 8.91. The second-order valence-corrected chi connectivity index (χ2v) is 3.57. The zero-order valence-electron chi connectivity index (χ0n) is 8.38. The Hall–Kier alpha value is -2.36. The van der Waals surface area contributed by atoms with Gasteiger partial charge in [-0.2, -0.15) is 0 Å². The molecule has 2 aromatic heterocycles. The Kier molecular flexibility index (Phi) is 1.86. The van der Waals surface area contributed by atoms with Crippen LogP contribution in [0.3, 0.4) is 0 Å². The number of hydrogen-bond acceptors (Lipinski definition) is 3. The first-order chi connectivity index (χ1) is 7.88. The van der Waals surface area contributed by atoms with E-state index in [1.54, 1.807) is 6.20 Å². The maximum absolute atomic E-state index is 8.48. The van der Waals surface area contributed by atoms with Crippen LogP contribution in [0.25, 0.3) is 21.8 Å². The van der Waals surface area contributed by atoms with Gasteiger partial charge in [-0.05, 0) is 12.1 Å². The predicted molar refractivity (Wildman–Crippen MR) is 63.0 cm³/mol. The van der Waals surface area contributed by atoms with Crippen molar-refractivity contribution >= 4 is 28.0 Å². The van der Waals surface area contributed by atoms with Crippen molar-refractivity contribution in [3.63, 3.8) is 0 Å². The number of aromatic amines is 1. The molecule has 4 heteroatoms. The van der Waals surface area contributed by atoms with Crippen molar-refractivity contribution in [2.45, 2.75) is 0 Å². The van der Waals surface area contributed by atoms with Gasteiger partial charge in [0, 0.05) is 16.3 Å². The number of hydrogen-bond donors (Lipinski definition) is 2. The van der Waals surface area contributed by atoms with Crippen LogP contribution >= 0.6 is 0 Å². The highest BCUT2D eigenvalue weighted by Crippen LogP contribution is 2.24. The second kappa shape index (κ2) is 3.34. The number of rotatable bonds is 1. The fraction of sp³-hybridized carbons (Fsp3) is 0. The minimum absolute atomic E-state index is 0.639. The van der Waals surface area contributed by atoms with Gasteiger partial charge in [0.1, 0.15) is 0 Å². The van der Waals surface area contributed by atoms with E-state index in [2.05, 4.69) is 15.1 Å². The number of aromatic nitrogens is 2. The number of nitrogens with zero attached hydrogens (tertiary/aromatic N) is 2. The number of para-hydroxylation sites is 1. The summed E-state index contributed by atoms with van der Waals surface area (Å²) in [7, 11) is 0. The Balaban J connectivity index is 2.39. The Bertz CT molecular complexity index is 685. The van der Waals surface area contributed by atoms with E-state index in [4.69, 9.17) is 5.21 Å². The Labute approximate surface area is 91.2 Å². The van der Waals surface area contributed by atoms with Crippen molar-refractivity contribution in [1.29, 1.82) is 0 Å². The molecular weight excluding hydrogens is 202 g/mol. The summed E-state index contributed by atoms with van der Waals surface area (Å²) in [6.07, 6.45) is 3.06. The summed E-state index contributed by atoms with van der Waals surface area (Å²) >= 11 is 0. The maximum Gasteiger partial charge on any atom is 0.0918 e. The lowest BCUT2D eigenvalue weighted by atomic mass is 10.2. The number of oxime groups is 1. The second-order valence-electron chi connectivity index (χ2n) is 3.57. The average Bonchev–Trinajstić information content (AvgIpc) is 2.68. The smallest absolute Gasteiger partial charge is 0.0918 e. The van der Waals surface area contributed by atoms with Crippen LogP contribution in [0.4, 0.5) is 0 Å². The van der Waals surface area contributed by atoms with Gasteiger partial charge in [-0.1, -0.05) is 23.4 Å². The van der Waals surface area contributed by atoms with Crippen LogP contribution in [0.5, 0.6) is 0 Å².